The lowest BCUT2D eigenvalue weighted by atomic mass is 10.3. The van der Waals surface area contributed by atoms with Crippen LogP contribution in [-0.2, 0) is 4.79 Å². The van der Waals surface area contributed by atoms with E-state index in [0.29, 0.717) is 10.7 Å². The van der Waals surface area contributed by atoms with Gasteiger partial charge in [-0.05, 0) is 24.3 Å². The lowest BCUT2D eigenvalue weighted by Gasteiger charge is -1.99. The van der Waals surface area contributed by atoms with Crippen molar-refractivity contribution >= 4 is 23.2 Å². The molecule has 0 aliphatic rings. The van der Waals surface area contributed by atoms with Gasteiger partial charge < -0.3 is 5.32 Å². The summed E-state index contributed by atoms with van der Waals surface area (Å²) in [7, 11) is 0. The highest BCUT2D eigenvalue weighted by Gasteiger charge is 1.93. The molecule has 0 fully saturated rings. The van der Waals surface area contributed by atoms with Crippen molar-refractivity contribution in [3.8, 4) is 0 Å². The number of hydrogen-bond donors (Lipinski definition) is 1. The molecule has 2 nitrogen and oxygen atoms in total. The monoisotopic (exact) mass is 168 g/mol. The lowest BCUT2D eigenvalue weighted by Crippen LogP contribution is -2.05. The first kappa shape index (κ1) is 8.08. The summed E-state index contributed by atoms with van der Waals surface area (Å²) in [5, 5.41) is 3.17. The van der Waals surface area contributed by atoms with Crippen molar-refractivity contribution in [2.24, 2.45) is 0 Å². The molecular weight excluding hydrogens is 162 g/mol. The third-order valence-electron chi connectivity index (χ3n) is 1.13. The maximum atomic E-state index is 10.4. The van der Waals surface area contributed by atoms with Gasteiger partial charge >= 0.3 is 0 Å². The predicted octanol–water partition coefficient (Wildman–Crippen LogP) is 2.11. The zero-order valence-corrected chi connectivity index (χ0v) is 6.56. The fourth-order valence-corrected chi connectivity index (χ4v) is 0.820. The molecule has 11 heavy (non-hydrogen) atoms. The number of halogens is 1. The van der Waals surface area contributed by atoms with E-state index >= 15 is 0 Å². The van der Waals surface area contributed by atoms with E-state index in [4.69, 9.17) is 11.6 Å². The minimum absolute atomic E-state index is 0.327. The summed E-state index contributed by atoms with van der Waals surface area (Å²) < 4.78 is 0. The van der Waals surface area contributed by atoms with Crippen molar-refractivity contribution in [1.82, 2.24) is 0 Å². The molecule has 0 unspecified atom stereocenters. The van der Waals surface area contributed by atoms with Crippen LogP contribution in [0.1, 0.15) is 0 Å². The van der Waals surface area contributed by atoms with Gasteiger partial charge in [0.25, 0.3) is 0 Å². The Hall–Kier alpha value is -1.02. The highest BCUT2D eigenvalue weighted by atomic mass is 35.5. The molecule has 0 bridgehead atoms. The second-order valence-corrected chi connectivity index (χ2v) is 2.49. The summed E-state index contributed by atoms with van der Waals surface area (Å²) in [5.74, 6) is -0.327. The summed E-state index contributed by atoms with van der Waals surface area (Å²) in [5.41, 5.74) is 0.703. The van der Waals surface area contributed by atoms with Gasteiger partial charge in [0.2, 0.25) is 5.91 Å². The molecule has 1 rings (SSSR count). The first-order valence-electron chi connectivity index (χ1n) is 3.07. The number of hydrogen-bond acceptors (Lipinski definition) is 1. The van der Waals surface area contributed by atoms with E-state index < -0.39 is 0 Å². The van der Waals surface area contributed by atoms with E-state index in [1.807, 2.05) is 0 Å². The fourth-order valence-electron chi connectivity index (χ4n) is 0.694. The standard InChI is InChI=1S/C8H7ClNO/c1-6(11)10-8-4-2-7(9)3-5-8/h2-5H,1H2,(H,10,11). The van der Waals surface area contributed by atoms with Crippen molar-refractivity contribution in [2.45, 2.75) is 0 Å². The minimum atomic E-state index is -0.327. The topological polar surface area (TPSA) is 29.1 Å². The molecule has 1 N–H and O–H groups in total. The second kappa shape index (κ2) is 3.39. The van der Waals surface area contributed by atoms with Crippen LogP contribution in [-0.4, -0.2) is 5.91 Å². The predicted molar refractivity (Wildman–Crippen MR) is 45.4 cm³/mol. The van der Waals surface area contributed by atoms with Crippen LogP contribution in [0.25, 0.3) is 0 Å². The van der Waals surface area contributed by atoms with Crippen LogP contribution in [0, 0.1) is 6.92 Å². The normalized spacial score (nSPS) is 9.27. The number of carbonyl (C=O) groups excluding carboxylic acids is 1. The second-order valence-electron chi connectivity index (χ2n) is 2.06. The van der Waals surface area contributed by atoms with Crippen LogP contribution in [0.2, 0.25) is 5.02 Å². The first-order valence-corrected chi connectivity index (χ1v) is 3.45. The zero-order valence-electron chi connectivity index (χ0n) is 5.80. The molecule has 0 aromatic heterocycles. The third-order valence-corrected chi connectivity index (χ3v) is 1.38. The van der Waals surface area contributed by atoms with Crippen molar-refractivity contribution in [1.29, 1.82) is 0 Å². The summed E-state index contributed by atoms with van der Waals surface area (Å²) in [4.78, 5) is 10.4. The van der Waals surface area contributed by atoms with Crippen LogP contribution < -0.4 is 5.32 Å². The molecule has 0 spiro atoms. The largest absolute Gasteiger partial charge is 0.326 e. The molecule has 57 valence electrons. The van der Waals surface area contributed by atoms with E-state index in [1.54, 1.807) is 24.3 Å². The SMILES string of the molecule is [CH2]C(=O)Nc1ccc(Cl)cc1. The van der Waals surface area contributed by atoms with Gasteiger partial charge in [0.1, 0.15) is 0 Å². The van der Waals surface area contributed by atoms with E-state index in [-0.39, 0.29) is 5.91 Å². The summed E-state index contributed by atoms with van der Waals surface area (Å²) in [6.45, 7) is 3.17. The summed E-state index contributed by atoms with van der Waals surface area (Å²) in [6, 6.07) is 6.83. The Labute approximate surface area is 70.2 Å². The average molecular weight is 169 g/mol. The number of amides is 1. The van der Waals surface area contributed by atoms with Crippen molar-refractivity contribution in [2.75, 3.05) is 5.32 Å². The molecule has 3 heteroatoms. The van der Waals surface area contributed by atoms with Crippen LogP contribution >= 0.6 is 11.6 Å². The lowest BCUT2D eigenvalue weighted by molar-refractivity contribution is -0.112. The van der Waals surface area contributed by atoms with E-state index in [1.165, 1.54) is 0 Å². The molecule has 0 aliphatic heterocycles. The Morgan fingerprint density at radius 2 is 1.91 bits per heavy atom. The quantitative estimate of drug-likeness (QED) is 0.684. The number of anilines is 1. The van der Waals surface area contributed by atoms with Gasteiger partial charge in [-0.25, -0.2) is 0 Å². The molecule has 0 aliphatic carbocycles. The molecule has 0 saturated carbocycles. The smallest absolute Gasteiger partial charge is 0.224 e. The number of rotatable bonds is 1. The van der Waals surface area contributed by atoms with Crippen LogP contribution in [0.15, 0.2) is 24.3 Å². The molecule has 0 saturated heterocycles. The van der Waals surface area contributed by atoms with Gasteiger partial charge in [0.15, 0.2) is 0 Å². The molecule has 1 aromatic rings. The van der Waals surface area contributed by atoms with Gasteiger partial charge in [-0.15, -0.1) is 0 Å². The Bertz CT molecular complexity index is 255. The zero-order chi connectivity index (χ0) is 8.27. The minimum Gasteiger partial charge on any atom is -0.326 e. The van der Waals surface area contributed by atoms with Crippen LogP contribution in [0.3, 0.4) is 0 Å². The molecule has 0 atom stereocenters. The van der Waals surface area contributed by atoms with Gasteiger partial charge in [-0.3, -0.25) is 4.79 Å². The van der Waals surface area contributed by atoms with Crippen molar-refractivity contribution < 1.29 is 4.79 Å². The van der Waals surface area contributed by atoms with Crippen molar-refractivity contribution in [3.63, 3.8) is 0 Å². The Morgan fingerprint density at radius 3 is 2.36 bits per heavy atom. The molecule has 1 amide bonds. The molecular formula is C8H7ClNO. The number of carbonyl (C=O) groups is 1. The van der Waals surface area contributed by atoms with Crippen LogP contribution in [0.5, 0.6) is 0 Å². The van der Waals surface area contributed by atoms with E-state index in [0.717, 1.165) is 0 Å². The van der Waals surface area contributed by atoms with Gasteiger partial charge in [0.05, 0.1) is 0 Å². The van der Waals surface area contributed by atoms with E-state index in [9.17, 15) is 4.79 Å². The van der Waals surface area contributed by atoms with Gasteiger partial charge in [-0.2, -0.15) is 0 Å². The van der Waals surface area contributed by atoms with Gasteiger partial charge in [-0.1, -0.05) is 11.6 Å². The molecule has 1 aromatic carbocycles. The summed E-state index contributed by atoms with van der Waals surface area (Å²) in [6.07, 6.45) is 0. The number of benzene rings is 1. The average Bonchev–Trinajstić information content (AvgIpc) is 1.93. The highest BCUT2D eigenvalue weighted by Crippen LogP contribution is 2.12. The molecule has 0 heterocycles. The Morgan fingerprint density at radius 1 is 1.36 bits per heavy atom. The van der Waals surface area contributed by atoms with Gasteiger partial charge in [0, 0.05) is 17.6 Å². The fraction of sp³-hybridized carbons (Fsp3) is 0. The Kier molecular flexibility index (Phi) is 2.49. The highest BCUT2D eigenvalue weighted by molar-refractivity contribution is 6.30. The van der Waals surface area contributed by atoms with E-state index in [2.05, 4.69) is 12.2 Å². The van der Waals surface area contributed by atoms with Crippen molar-refractivity contribution in [3.05, 3.63) is 36.2 Å². The third kappa shape index (κ3) is 2.60. The number of nitrogens with one attached hydrogen (secondary N) is 1. The van der Waals surface area contributed by atoms with Crippen LogP contribution in [0.4, 0.5) is 5.69 Å². The maximum Gasteiger partial charge on any atom is 0.224 e. The Balaban J connectivity index is 2.74. The first-order chi connectivity index (χ1) is 5.18. The maximum absolute atomic E-state index is 10.4. The molecule has 1 radical (unpaired) electrons. The summed E-state index contributed by atoms with van der Waals surface area (Å²) >= 11 is 5.62.